The molecule has 0 spiro atoms. The van der Waals surface area contributed by atoms with Gasteiger partial charge in [0.15, 0.2) is 0 Å². The van der Waals surface area contributed by atoms with E-state index in [4.69, 9.17) is 10.5 Å². The zero-order valence-electron chi connectivity index (χ0n) is 11.2. The molecule has 0 saturated heterocycles. The fourth-order valence-electron chi connectivity index (χ4n) is 1.80. The lowest BCUT2D eigenvalue weighted by Crippen LogP contribution is -2.04. The third-order valence-electron chi connectivity index (χ3n) is 2.80. The van der Waals surface area contributed by atoms with Gasteiger partial charge in [0, 0.05) is 22.8 Å². The summed E-state index contributed by atoms with van der Waals surface area (Å²) >= 11 is 1.63. The fourth-order valence-corrected chi connectivity index (χ4v) is 2.67. The average Bonchev–Trinajstić information content (AvgIpc) is 2.47. The summed E-state index contributed by atoms with van der Waals surface area (Å²) in [6, 6.07) is 14.4. The minimum absolute atomic E-state index is 0.192. The van der Waals surface area contributed by atoms with Gasteiger partial charge in [0.25, 0.3) is 0 Å². The highest BCUT2D eigenvalue weighted by Crippen LogP contribution is 2.20. The van der Waals surface area contributed by atoms with Gasteiger partial charge in [0.1, 0.15) is 11.6 Å². The second-order valence-electron chi connectivity index (χ2n) is 4.32. The molecule has 0 saturated carbocycles. The lowest BCUT2D eigenvalue weighted by molar-refractivity contribution is 0.315. The Balaban J connectivity index is 1.71. The number of ether oxygens (including phenoxy) is 1. The van der Waals surface area contributed by atoms with Crippen LogP contribution in [-0.2, 0) is 6.54 Å². The third kappa shape index (κ3) is 4.54. The van der Waals surface area contributed by atoms with Gasteiger partial charge in [-0.2, -0.15) is 0 Å². The lowest BCUT2D eigenvalue weighted by Gasteiger charge is -2.09. The van der Waals surface area contributed by atoms with Crippen LogP contribution in [0.5, 0.6) is 5.75 Å². The Bertz CT molecular complexity index is 548. The summed E-state index contributed by atoms with van der Waals surface area (Å²) in [6.07, 6.45) is 0.903. The van der Waals surface area contributed by atoms with Crippen LogP contribution in [0.3, 0.4) is 0 Å². The van der Waals surface area contributed by atoms with E-state index in [9.17, 15) is 4.39 Å². The molecule has 0 aliphatic heterocycles. The molecule has 0 unspecified atom stereocenters. The van der Waals surface area contributed by atoms with E-state index >= 15 is 0 Å². The first-order chi connectivity index (χ1) is 9.79. The SMILES string of the molecule is NCc1ccccc1OCCCSc1cccc(F)c1. The minimum atomic E-state index is -0.192. The van der Waals surface area contributed by atoms with Gasteiger partial charge in [-0.3, -0.25) is 0 Å². The van der Waals surface area contributed by atoms with E-state index in [0.29, 0.717) is 13.2 Å². The van der Waals surface area contributed by atoms with E-state index in [1.165, 1.54) is 6.07 Å². The van der Waals surface area contributed by atoms with Crippen molar-refractivity contribution < 1.29 is 9.13 Å². The molecule has 0 bridgehead atoms. The minimum Gasteiger partial charge on any atom is -0.493 e. The molecule has 0 fully saturated rings. The summed E-state index contributed by atoms with van der Waals surface area (Å²) in [4.78, 5) is 0.951. The third-order valence-corrected chi connectivity index (χ3v) is 3.88. The highest BCUT2D eigenvalue weighted by molar-refractivity contribution is 7.99. The Morgan fingerprint density at radius 3 is 2.75 bits per heavy atom. The number of halogens is 1. The van der Waals surface area contributed by atoms with Gasteiger partial charge in [-0.15, -0.1) is 11.8 Å². The van der Waals surface area contributed by atoms with Gasteiger partial charge in [-0.05, 0) is 30.7 Å². The number of nitrogens with two attached hydrogens (primary N) is 1. The fraction of sp³-hybridized carbons (Fsp3) is 0.250. The standard InChI is InChI=1S/C16H18FNOS/c17-14-6-3-7-15(11-14)20-10-4-9-19-16-8-2-1-5-13(16)12-18/h1-3,5-8,11H,4,9-10,12,18H2. The molecule has 20 heavy (non-hydrogen) atoms. The number of rotatable bonds is 7. The zero-order chi connectivity index (χ0) is 14.2. The molecule has 2 rings (SSSR count). The largest absolute Gasteiger partial charge is 0.493 e. The van der Waals surface area contributed by atoms with Crippen molar-refractivity contribution >= 4 is 11.8 Å². The molecule has 4 heteroatoms. The molecule has 2 nitrogen and oxygen atoms in total. The van der Waals surface area contributed by atoms with Crippen molar-refractivity contribution in [1.82, 2.24) is 0 Å². The normalized spacial score (nSPS) is 10.5. The molecular formula is C16H18FNOS. The van der Waals surface area contributed by atoms with Crippen molar-refractivity contribution in [2.24, 2.45) is 5.73 Å². The topological polar surface area (TPSA) is 35.2 Å². The van der Waals surface area contributed by atoms with Crippen LogP contribution in [0.1, 0.15) is 12.0 Å². The summed E-state index contributed by atoms with van der Waals surface area (Å²) in [6.45, 7) is 1.12. The molecular weight excluding hydrogens is 273 g/mol. The van der Waals surface area contributed by atoms with Gasteiger partial charge in [0.2, 0.25) is 0 Å². The maximum Gasteiger partial charge on any atom is 0.124 e. The van der Waals surface area contributed by atoms with Crippen LogP contribution in [0.25, 0.3) is 0 Å². The predicted molar refractivity (Wildman–Crippen MR) is 81.6 cm³/mol. The van der Waals surface area contributed by atoms with E-state index < -0.39 is 0 Å². The van der Waals surface area contributed by atoms with E-state index in [1.807, 2.05) is 30.3 Å². The first-order valence-electron chi connectivity index (χ1n) is 6.59. The Labute approximate surface area is 123 Å². The van der Waals surface area contributed by atoms with Gasteiger partial charge in [-0.25, -0.2) is 4.39 Å². The van der Waals surface area contributed by atoms with Crippen LogP contribution < -0.4 is 10.5 Å². The molecule has 0 amide bonds. The molecule has 2 aromatic rings. The maximum atomic E-state index is 13.0. The van der Waals surface area contributed by atoms with E-state index in [-0.39, 0.29) is 5.82 Å². The monoisotopic (exact) mass is 291 g/mol. The zero-order valence-corrected chi connectivity index (χ0v) is 12.0. The molecule has 0 radical (unpaired) electrons. The average molecular weight is 291 g/mol. The summed E-state index contributed by atoms with van der Waals surface area (Å²) in [5, 5.41) is 0. The van der Waals surface area contributed by atoms with Crippen LogP contribution >= 0.6 is 11.8 Å². The number of hydrogen-bond donors (Lipinski definition) is 1. The van der Waals surface area contributed by atoms with Crippen LogP contribution in [0.4, 0.5) is 4.39 Å². The molecule has 0 heterocycles. The lowest BCUT2D eigenvalue weighted by atomic mass is 10.2. The molecule has 106 valence electrons. The molecule has 0 atom stereocenters. The molecule has 0 aliphatic carbocycles. The van der Waals surface area contributed by atoms with Crippen molar-refractivity contribution in [3.05, 3.63) is 59.9 Å². The first-order valence-corrected chi connectivity index (χ1v) is 7.57. The second kappa shape index (κ2) is 7.92. The van der Waals surface area contributed by atoms with Crippen molar-refractivity contribution in [2.45, 2.75) is 17.9 Å². The summed E-state index contributed by atoms with van der Waals surface area (Å²) in [5.74, 6) is 1.56. The first kappa shape index (κ1) is 14.9. The number of para-hydroxylation sites is 1. The maximum absolute atomic E-state index is 13.0. The van der Waals surface area contributed by atoms with Crippen LogP contribution in [-0.4, -0.2) is 12.4 Å². The number of hydrogen-bond acceptors (Lipinski definition) is 3. The summed E-state index contributed by atoms with van der Waals surface area (Å²) < 4.78 is 18.7. The Morgan fingerprint density at radius 2 is 1.95 bits per heavy atom. The smallest absolute Gasteiger partial charge is 0.124 e. The highest BCUT2D eigenvalue weighted by atomic mass is 32.2. The van der Waals surface area contributed by atoms with E-state index in [1.54, 1.807) is 23.9 Å². The highest BCUT2D eigenvalue weighted by Gasteiger charge is 2.01. The van der Waals surface area contributed by atoms with Crippen molar-refractivity contribution in [2.75, 3.05) is 12.4 Å². The van der Waals surface area contributed by atoms with Crippen molar-refractivity contribution in [3.8, 4) is 5.75 Å². The van der Waals surface area contributed by atoms with E-state index in [0.717, 1.165) is 28.4 Å². The molecule has 0 aliphatic rings. The Kier molecular flexibility index (Phi) is 5.89. The number of thioether (sulfide) groups is 1. The number of benzene rings is 2. The predicted octanol–water partition coefficient (Wildman–Crippen LogP) is 3.85. The van der Waals surface area contributed by atoms with Crippen LogP contribution in [0.15, 0.2) is 53.4 Å². The quantitative estimate of drug-likeness (QED) is 0.622. The molecule has 2 N–H and O–H groups in total. The van der Waals surface area contributed by atoms with Crippen molar-refractivity contribution in [1.29, 1.82) is 0 Å². The molecule has 0 aromatic heterocycles. The van der Waals surface area contributed by atoms with Crippen LogP contribution in [0, 0.1) is 5.82 Å². The Morgan fingerprint density at radius 1 is 1.10 bits per heavy atom. The van der Waals surface area contributed by atoms with Crippen molar-refractivity contribution in [3.63, 3.8) is 0 Å². The van der Waals surface area contributed by atoms with Crippen LogP contribution in [0.2, 0.25) is 0 Å². The van der Waals surface area contributed by atoms with E-state index in [2.05, 4.69) is 0 Å². The summed E-state index contributed by atoms with van der Waals surface area (Å²) in [7, 11) is 0. The van der Waals surface area contributed by atoms with Gasteiger partial charge in [0.05, 0.1) is 6.61 Å². The van der Waals surface area contributed by atoms with Gasteiger partial charge >= 0.3 is 0 Å². The second-order valence-corrected chi connectivity index (χ2v) is 5.49. The Hall–Kier alpha value is -1.52. The molecule has 2 aromatic carbocycles. The summed E-state index contributed by atoms with van der Waals surface area (Å²) in [5.41, 5.74) is 6.67. The van der Waals surface area contributed by atoms with Gasteiger partial charge < -0.3 is 10.5 Å². The van der Waals surface area contributed by atoms with Gasteiger partial charge in [-0.1, -0.05) is 24.3 Å².